The molecule has 0 bridgehead atoms. The minimum Gasteiger partial charge on any atom is -0.497 e. The number of carbonyl (C=O) groups is 2. The highest BCUT2D eigenvalue weighted by molar-refractivity contribution is 6.39. The maximum atomic E-state index is 12.1. The molecular weight excluding hydrogens is 458 g/mol. The van der Waals surface area contributed by atoms with Crippen molar-refractivity contribution in [2.75, 3.05) is 19.0 Å². The summed E-state index contributed by atoms with van der Waals surface area (Å²) in [5, 5.41) is 6.64. The fraction of sp³-hybridized carbons (Fsp3) is 0.160. The van der Waals surface area contributed by atoms with Crippen LogP contribution < -0.4 is 25.0 Å². The lowest BCUT2D eigenvalue weighted by Gasteiger charge is -2.14. The van der Waals surface area contributed by atoms with Crippen LogP contribution in [-0.2, 0) is 16.2 Å². The van der Waals surface area contributed by atoms with Gasteiger partial charge in [0.05, 0.1) is 25.0 Å². The summed E-state index contributed by atoms with van der Waals surface area (Å²) in [5.41, 5.74) is 4.17. The van der Waals surface area contributed by atoms with E-state index in [2.05, 4.69) is 15.8 Å². The Morgan fingerprint density at radius 2 is 1.74 bits per heavy atom. The first-order chi connectivity index (χ1) is 16.5. The third-order valence-electron chi connectivity index (χ3n) is 4.49. The Labute approximate surface area is 202 Å². The highest BCUT2D eigenvalue weighted by Gasteiger charge is 2.14. The largest absolute Gasteiger partial charge is 0.497 e. The number of ether oxygens (including phenoxy) is 3. The van der Waals surface area contributed by atoms with E-state index in [0.29, 0.717) is 46.7 Å². The van der Waals surface area contributed by atoms with Crippen LogP contribution in [0.2, 0.25) is 5.02 Å². The summed E-state index contributed by atoms with van der Waals surface area (Å²) in [6.07, 6.45) is 1.36. The molecule has 0 heterocycles. The summed E-state index contributed by atoms with van der Waals surface area (Å²) < 4.78 is 16.6. The van der Waals surface area contributed by atoms with E-state index in [4.69, 9.17) is 25.8 Å². The highest BCUT2D eigenvalue weighted by Crippen LogP contribution is 2.37. The monoisotopic (exact) mass is 481 g/mol. The summed E-state index contributed by atoms with van der Waals surface area (Å²) in [6.45, 7) is 2.58. The van der Waals surface area contributed by atoms with Gasteiger partial charge in [0.1, 0.15) is 12.4 Å². The fourth-order valence-corrected chi connectivity index (χ4v) is 3.15. The van der Waals surface area contributed by atoms with E-state index in [1.165, 1.54) is 13.3 Å². The highest BCUT2D eigenvalue weighted by atomic mass is 35.5. The number of hydrazone groups is 1. The van der Waals surface area contributed by atoms with Gasteiger partial charge in [-0.3, -0.25) is 9.59 Å². The molecule has 0 atom stereocenters. The van der Waals surface area contributed by atoms with Crippen molar-refractivity contribution in [3.05, 3.63) is 82.9 Å². The maximum Gasteiger partial charge on any atom is 0.329 e. The van der Waals surface area contributed by atoms with Gasteiger partial charge in [-0.25, -0.2) is 5.43 Å². The second kappa shape index (κ2) is 12.3. The molecule has 8 nitrogen and oxygen atoms in total. The van der Waals surface area contributed by atoms with Gasteiger partial charge in [-0.05, 0) is 54.4 Å². The number of anilines is 1. The van der Waals surface area contributed by atoms with E-state index < -0.39 is 11.8 Å². The number of methoxy groups -OCH3 is 1. The second-order valence-corrected chi connectivity index (χ2v) is 7.33. The van der Waals surface area contributed by atoms with Gasteiger partial charge in [-0.1, -0.05) is 41.9 Å². The van der Waals surface area contributed by atoms with E-state index in [0.717, 1.165) is 5.56 Å². The number of amides is 2. The molecule has 0 aromatic heterocycles. The van der Waals surface area contributed by atoms with Crippen molar-refractivity contribution in [3.63, 3.8) is 0 Å². The SMILES string of the molecule is CCOc1cc(/C=N\NC(=O)C(=O)Nc2ccc(OC)cc2)cc(Cl)c1OCc1ccccc1. The van der Waals surface area contributed by atoms with Crippen LogP contribution in [0.5, 0.6) is 17.2 Å². The van der Waals surface area contributed by atoms with Gasteiger partial charge in [-0.15, -0.1) is 0 Å². The Kier molecular flexibility index (Phi) is 8.88. The average Bonchev–Trinajstić information content (AvgIpc) is 2.84. The number of nitrogens with zero attached hydrogens (tertiary/aromatic N) is 1. The quantitative estimate of drug-likeness (QED) is 0.268. The van der Waals surface area contributed by atoms with Crippen molar-refractivity contribution in [2.45, 2.75) is 13.5 Å². The van der Waals surface area contributed by atoms with Gasteiger partial charge in [0, 0.05) is 5.69 Å². The topological polar surface area (TPSA) is 98.2 Å². The lowest BCUT2D eigenvalue weighted by molar-refractivity contribution is -0.136. The predicted molar refractivity (Wildman–Crippen MR) is 131 cm³/mol. The van der Waals surface area contributed by atoms with Crippen LogP contribution in [0.3, 0.4) is 0 Å². The molecule has 0 saturated carbocycles. The van der Waals surface area contributed by atoms with Gasteiger partial charge in [0.25, 0.3) is 0 Å². The minimum absolute atomic E-state index is 0.326. The van der Waals surface area contributed by atoms with Crippen molar-refractivity contribution >= 4 is 35.3 Å². The van der Waals surface area contributed by atoms with Gasteiger partial charge in [0.2, 0.25) is 0 Å². The molecule has 176 valence electrons. The molecule has 3 aromatic carbocycles. The molecule has 0 saturated heterocycles. The average molecular weight is 482 g/mol. The van der Waals surface area contributed by atoms with Gasteiger partial charge < -0.3 is 19.5 Å². The molecule has 2 N–H and O–H groups in total. The summed E-state index contributed by atoms with van der Waals surface area (Å²) in [7, 11) is 1.54. The molecule has 3 rings (SSSR count). The standard InChI is InChI=1S/C25H24ClN3O5/c1-3-33-22-14-18(13-21(26)23(22)34-16-17-7-5-4-6-8-17)15-27-29-25(31)24(30)28-19-9-11-20(32-2)12-10-19/h4-15H,3,16H2,1-2H3,(H,28,30)(H,29,31)/b27-15-. The Morgan fingerprint density at radius 1 is 1.00 bits per heavy atom. The van der Waals surface area contributed by atoms with Gasteiger partial charge >= 0.3 is 11.8 Å². The smallest absolute Gasteiger partial charge is 0.329 e. The van der Waals surface area contributed by atoms with Crippen LogP contribution in [0.25, 0.3) is 0 Å². The lowest BCUT2D eigenvalue weighted by Crippen LogP contribution is -2.32. The summed E-state index contributed by atoms with van der Waals surface area (Å²) >= 11 is 6.41. The number of benzene rings is 3. The predicted octanol–water partition coefficient (Wildman–Crippen LogP) is 4.42. The fourth-order valence-electron chi connectivity index (χ4n) is 2.87. The zero-order chi connectivity index (χ0) is 24.3. The number of halogens is 1. The number of nitrogens with one attached hydrogen (secondary N) is 2. The minimum atomic E-state index is -0.925. The number of hydrogen-bond acceptors (Lipinski definition) is 6. The molecule has 0 aliphatic carbocycles. The first-order valence-electron chi connectivity index (χ1n) is 10.4. The van der Waals surface area contributed by atoms with Crippen LogP contribution in [0, 0.1) is 0 Å². The Morgan fingerprint density at radius 3 is 2.41 bits per heavy atom. The molecule has 0 radical (unpaired) electrons. The lowest BCUT2D eigenvalue weighted by atomic mass is 10.2. The molecular formula is C25H24ClN3O5. The molecule has 0 fully saturated rings. The Bertz CT molecular complexity index is 1150. The van der Waals surface area contributed by atoms with Crippen molar-refractivity contribution in [1.82, 2.24) is 5.43 Å². The molecule has 0 unspecified atom stereocenters. The first kappa shape index (κ1) is 24.6. The Balaban J connectivity index is 1.62. The third-order valence-corrected chi connectivity index (χ3v) is 4.77. The van der Waals surface area contributed by atoms with Gasteiger partial charge in [0.15, 0.2) is 11.5 Å². The molecule has 3 aromatic rings. The van der Waals surface area contributed by atoms with Crippen LogP contribution in [-0.4, -0.2) is 31.7 Å². The maximum absolute atomic E-state index is 12.1. The summed E-state index contributed by atoms with van der Waals surface area (Å²) in [4.78, 5) is 24.1. The third kappa shape index (κ3) is 6.98. The van der Waals surface area contributed by atoms with Crippen molar-refractivity contribution in [3.8, 4) is 17.2 Å². The summed E-state index contributed by atoms with van der Waals surface area (Å²) in [5.74, 6) is -0.303. The molecule has 0 aliphatic heterocycles. The molecule has 0 aliphatic rings. The molecule has 34 heavy (non-hydrogen) atoms. The zero-order valence-corrected chi connectivity index (χ0v) is 19.5. The van der Waals surface area contributed by atoms with Crippen molar-refractivity contribution in [1.29, 1.82) is 0 Å². The van der Waals surface area contributed by atoms with E-state index in [1.54, 1.807) is 36.4 Å². The van der Waals surface area contributed by atoms with E-state index in [1.807, 2.05) is 37.3 Å². The normalized spacial score (nSPS) is 10.6. The number of rotatable bonds is 9. The van der Waals surface area contributed by atoms with E-state index in [9.17, 15) is 9.59 Å². The van der Waals surface area contributed by atoms with Crippen LogP contribution in [0.4, 0.5) is 5.69 Å². The van der Waals surface area contributed by atoms with Crippen molar-refractivity contribution < 1.29 is 23.8 Å². The van der Waals surface area contributed by atoms with Crippen LogP contribution >= 0.6 is 11.6 Å². The van der Waals surface area contributed by atoms with Gasteiger partial charge in [-0.2, -0.15) is 5.10 Å². The second-order valence-electron chi connectivity index (χ2n) is 6.92. The first-order valence-corrected chi connectivity index (χ1v) is 10.8. The molecule has 2 amide bonds. The van der Waals surface area contributed by atoms with E-state index >= 15 is 0 Å². The van der Waals surface area contributed by atoms with E-state index in [-0.39, 0.29) is 0 Å². The zero-order valence-electron chi connectivity index (χ0n) is 18.7. The number of hydrogen-bond donors (Lipinski definition) is 2. The number of carbonyl (C=O) groups excluding carboxylic acids is 2. The Hall–Kier alpha value is -4.04. The van der Waals surface area contributed by atoms with Crippen molar-refractivity contribution in [2.24, 2.45) is 5.10 Å². The van der Waals surface area contributed by atoms with Crippen LogP contribution in [0.1, 0.15) is 18.1 Å². The molecule has 0 spiro atoms. The summed E-state index contributed by atoms with van der Waals surface area (Å²) in [6, 6.07) is 19.5. The molecule has 9 heteroatoms. The van der Waals surface area contributed by atoms with Crippen LogP contribution in [0.15, 0.2) is 71.8 Å².